The lowest BCUT2D eigenvalue weighted by Gasteiger charge is -2.26. The SMILES string of the molecule is CCCCOc1ccc(OCCCN2CCOCC2)cc1.Cl.O=C(O)c1ccccc1O. The fourth-order valence-electron chi connectivity index (χ4n) is 2.92. The zero-order chi connectivity index (χ0) is 22.3. The standard InChI is InChI=1S/C17H27NO3.C7H6O3.ClH/c1-2-3-12-20-16-5-7-17(8-6-16)21-13-4-9-18-10-14-19-15-11-18;8-6-4-2-1-3-5(6)7(9)10;/h5-8H,2-4,9-15H2,1H3;1-4,8H,(H,9,10);1H. The number of aromatic carboxylic acids is 1. The van der Waals surface area contributed by atoms with Crippen molar-refractivity contribution < 1.29 is 29.2 Å². The number of carboxylic acid groups (broad SMARTS) is 1. The Kier molecular flexibility index (Phi) is 13.9. The lowest BCUT2D eigenvalue weighted by molar-refractivity contribution is 0.0358. The fraction of sp³-hybridized carbons (Fsp3) is 0.458. The Morgan fingerprint density at radius 1 is 0.969 bits per heavy atom. The van der Waals surface area contributed by atoms with Crippen LogP contribution in [0.3, 0.4) is 0 Å². The second-order valence-electron chi connectivity index (χ2n) is 7.15. The molecule has 2 aromatic rings. The minimum atomic E-state index is -1.11. The zero-order valence-corrected chi connectivity index (χ0v) is 19.4. The van der Waals surface area contributed by atoms with Crippen LogP contribution in [0.15, 0.2) is 48.5 Å². The van der Waals surface area contributed by atoms with E-state index in [0.29, 0.717) is 0 Å². The first-order valence-electron chi connectivity index (χ1n) is 10.8. The lowest BCUT2D eigenvalue weighted by Crippen LogP contribution is -2.37. The van der Waals surface area contributed by atoms with Crippen molar-refractivity contribution in [3.05, 3.63) is 54.1 Å². The molecule has 0 radical (unpaired) electrons. The average Bonchev–Trinajstić information content (AvgIpc) is 2.79. The van der Waals surface area contributed by atoms with Crippen molar-refractivity contribution in [2.24, 2.45) is 0 Å². The van der Waals surface area contributed by atoms with E-state index in [9.17, 15) is 4.79 Å². The molecule has 0 unspecified atom stereocenters. The smallest absolute Gasteiger partial charge is 0.339 e. The van der Waals surface area contributed by atoms with Crippen molar-refractivity contribution >= 4 is 18.4 Å². The third kappa shape index (κ3) is 10.7. The van der Waals surface area contributed by atoms with Gasteiger partial charge >= 0.3 is 5.97 Å². The summed E-state index contributed by atoms with van der Waals surface area (Å²) in [6.45, 7) is 8.61. The third-order valence-corrected chi connectivity index (χ3v) is 4.72. The number of ether oxygens (including phenoxy) is 3. The maximum atomic E-state index is 10.3. The molecule has 1 saturated heterocycles. The van der Waals surface area contributed by atoms with E-state index < -0.39 is 5.97 Å². The number of aromatic hydroxyl groups is 1. The van der Waals surface area contributed by atoms with Gasteiger partial charge in [-0.25, -0.2) is 4.79 Å². The fourth-order valence-corrected chi connectivity index (χ4v) is 2.92. The highest BCUT2D eigenvalue weighted by molar-refractivity contribution is 5.90. The Balaban J connectivity index is 0.000000393. The van der Waals surface area contributed by atoms with Crippen molar-refractivity contribution in [1.82, 2.24) is 4.90 Å². The first-order valence-corrected chi connectivity index (χ1v) is 10.8. The molecule has 8 heteroatoms. The summed E-state index contributed by atoms with van der Waals surface area (Å²) in [5.74, 6) is 0.525. The number of para-hydroxylation sites is 1. The highest BCUT2D eigenvalue weighted by Gasteiger charge is 2.09. The summed E-state index contributed by atoms with van der Waals surface area (Å²) in [5.41, 5.74) is -0.0671. The number of phenols is 1. The predicted octanol–water partition coefficient (Wildman–Crippen LogP) is 4.48. The van der Waals surface area contributed by atoms with Crippen LogP contribution in [0, 0.1) is 0 Å². The van der Waals surface area contributed by atoms with Crippen molar-refractivity contribution in [3.63, 3.8) is 0 Å². The van der Waals surface area contributed by atoms with Crippen LogP contribution >= 0.6 is 12.4 Å². The van der Waals surface area contributed by atoms with Crippen molar-refractivity contribution in [2.75, 3.05) is 46.1 Å². The molecule has 2 N–H and O–H groups in total. The molecular weight excluding hydrogens is 434 g/mol. The van der Waals surface area contributed by atoms with E-state index in [0.717, 1.165) is 76.8 Å². The molecule has 3 rings (SSSR count). The first kappa shape index (κ1) is 27.6. The second-order valence-corrected chi connectivity index (χ2v) is 7.15. The number of benzene rings is 2. The average molecular weight is 468 g/mol. The van der Waals surface area contributed by atoms with Gasteiger partial charge in [-0.1, -0.05) is 25.5 Å². The van der Waals surface area contributed by atoms with Gasteiger partial charge < -0.3 is 24.4 Å². The monoisotopic (exact) mass is 467 g/mol. The van der Waals surface area contributed by atoms with Crippen LogP contribution in [0.1, 0.15) is 36.5 Å². The van der Waals surface area contributed by atoms with Gasteiger partial charge in [0.25, 0.3) is 0 Å². The minimum Gasteiger partial charge on any atom is -0.507 e. The number of hydrogen-bond acceptors (Lipinski definition) is 6. The molecule has 0 aromatic heterocycles. The molecule has 0 amide bonds. The largest absolute Gasteiger partial charge is 0.507 e. The number of carbonyl (C=O) groups is 1. The van der Waals surface area contributed by atoms with E-state index in [1.54, 1.807) is 12.1 Å². The summed E-state index contributed by atoms with van der Waals surface area (Å²) in [6.07, 6.45) is 3.30. The van der Waals surface area contributed by atoms with E-state index in [2.05, 4.69) is 11.8 Å². The Morgan fingerprint density at radius 3 is 2.03 bits per heavy atom. The maximum absolute atomic E-state index is 10.3. The summed E-state index contributed by atoms with van der Waals surface area (Å²) in [7, 11) is 0. The van der Waals surface area contributed by atoms with Gasteiger partial charge in [-0.15, -0.1) is 12.4 Å². The highest BCUT2D eigenvalue weighted by Crippen LogP contribution is 2.18. The van der Waals surface area contributed by atoms with Gasteiger partial charge in [0.1, 0.15) is 22.8 Å². The van der Waals surface area contributed by atoms with E-state index in [1.165, 1.54) is 12.1 Å². The van der Waals surface area contributed by atoms with E-state index in [4.69, 9.17) is 24.4 Å². The molecule has 0 atom stereocenters. The quantitative estimate of drug-likeness (QED) is 0.498. The molecule has 1 aliphatic heterocycles. The maximum Gasteiger partial charge on any atom is 0.339 e. The molecule has 1 fully saturated rings. The van der Waals surface area contributed by atoms with Crippen molar-refractivity contribution in [3.8, 4) is 17.2 Å². The minimum absolute atomic E-state index is 0. The molecule has 7 nitrogen and oxygen atoms in total. The molecule has 0 aliphatic carbocycles. The van der Waals surface area contributed by atoms with Gasteiger partial charge in [0.05, 0.1) is 26.4 Å². The molecular formula is C24H34ClNO6. The van der Waals surface area contributed by atoms with Crippen molar-refractivity contribution in [1.29, 1.82) is 0 Å². The first-order chi connectivity index (χ1) is 15.1. The number of carboxylic acids is 1. The highest BCUT2D eigenvalue weighted by atomic mass is 35.5. The van der Waals surface area contributed by atoms with Gasteiger partial charge in [0.2, 0.25) is 0 Å². The second kappa shape index (κ2) is 16.2. The van der Waals surface area contributed by atoms with E-state index >= 15 is 0 Å². The molecule has 2 aromatic carbocycles. The van der Waals surface area contributed by atoms with Gasteiger partial charge in [-0.2, -0.15) is 0 Å². The van der Waals surface area contributed by atoms with Gasteiger partial charge in [-0.3, -0.25) is 4.90 Å². The Morgan fingerprint density at radius 2 is 1.53 bits per heavy atom. The van der Waals surface area contributed by atoms with Crippen molar-refractivity contribution in [2.45, 2.75) is 26.2 Å². The summed E-state index contributed by atoms with van der Waals surface area (Å²) in [5, 5.41) is 17.3. The number of nitrogens with zero attached hydrogens (tertiary/aromatic N) is 1. The summed E-state index contributed by atoms with van der Waals surface area (Å²) < 4.78 is 16.7. The number of unbranched alkanes of at least 4 members (excludes halogenated alkanes) is 1. The van der Waals surface area contributed by atoms with Crippen LogP contribution in [-0.4, -0.2) is 67.1 Å². The molecule has 0 spiro atoms. The molecule has 178 valence electrons. The normalized spacial score (nSPS) is 13.3. The van der Waals surface area contributed by atoms with E-state index in [-0.39, 0.29) is 23.7 Å². The van der Waals surface area contributed by atoms with Crippen LogP contribution in [-0.2, 0) is 4.74 Å². The molecule has 0 bridgehead atoms. The molecule has 32 heavy (non-hydrogen) atoms. The zero-order valence-electron chi connectivity index (χ0n) is 18.6. The van der Waals surface area contributed by atoms with Gasteiger partial charge in [-0.05, 0) is 49.2 Å². The Bertz CT molecular complexity index is 765. The number of halogens is 1. The van der Waals surface area contributed by atoms with E-state index in [1.807, 2.05) is 24.3 Å². The topological polar surface area (TPSA) is 88.5 Å². The Labute approximate surface area is 196 Å². The Hall–Kier alpha value is -2.48. The summed E-state index contributed by atoms with van der Waals surface area (Å²) in [6, 6.07) is 13.7. The lowest BCUT2D eigenvalue weighted by atomic mass is 10.2. The predicted molar refractivity (Wildman–Crippen MR) is 127 cm³/mol. The molecule has 1 heterocycles. The molecule has 1 aliphatic rings. The van der Waals surface area contributed by atoms with Crippen LogP contribution < -0.4 is 9.47 Å². The van der Waals surface area contributed by atoms with Gasteiger partial charge in [0, 0.05) is 19.6 Å². The third-order valence-electron chi connectivity index (χ3n) is 4.72. The summed E-state index contributed by atoms with van der Waals surface area (Å²) >= 11 is 0. The number of rotatable bonds is 10. The van der Waals surface area contributed by atoms with Crippen LogP contribution in [0.5, 0.6) is 17.2 Å². The summed E-state index contributed by atoms with van der Waals surface area (Å²) in [4.78, 5) is 12.7. The number of hydrogen-bond donors (Lipinski definition) is 2. The van der Waals surface area contributed by atoms with Crippen LogP contribution in [0.4, 0.5) is 0 Å². The number of morpholine rings is 1. The van der Waals surface area contributed by atoms with Crippen LogP contribution in [0.2, 0.25) is 0 Å². The van der Waals surface area contributed by atoms with Crippen LogP contribution in [0.25, 0.3) is 0 Å². The van der Waals surface area contributed by atoms with Gasteiger partial charge in [0.15, 0.2) is 0 Å². The molecule has 0 saturated carbocycles.